The molecular weight excluding hydrogens is 208 g/mol. The number of hydrogen-bond acceptors (Lipinski definition) is 5. The molecule has 1 aromatic rings. The van der Waals surface area contributed by atoms with E-state index in [-0.39, 0.29) is 5.91 Å². The summed E-state index contributed by atoms with van der Waals surface area (Å²) in [5, 5.41) is 5.75. The van der Waals surface area contributed by atoms with E-state index in [4.69, 9.17) is 4.74 Å². The van der Waals surface area contributed by atoms with Crippen LogP contribution in [0.5, 0.6) is 5.88 Å². The molecule has 0 aliphatic rings. The zero-order valence-electron chi connectivity index (χ0n) is 9.70. The number of ether oxygens (including phenoxy) is 1. The fraction of sp³-hybridized carbons (Fsp3) is 0.500. The lowest BCUT2D eigenvalue weighted by Crippen LogP contribution is -2.26. The highest BCUT2D eigenvalue weighted by Crippen LogP contribution is 2.11. The van der Waals surface area contributed by atoms with Gasteiger partial charge in [-0.25, -0.2) is 4.98 Å². The molecule has 0 aromatic carbocycles. The van der Waals surface area contributed by atoms with Gasteiger partial charge in [0.05, 0.1) is 7.11 Å². The average molecular weight is 224 g/mol. The van der Waals surface area contributed by atoms with E-state index in [1.807, 2.05) is 0 Å². The van der Waals surface area contributed by atoms with E-state index in [0.29, 0.717) is 30.6 Å². The minimum absolute atomic E-state index is 0.0433. The third-order valence-electron chi connectivity index (χ3n) is 1.83. The Morgan fingerprint density at radius 2 is 2.19 bits per heavy atom. The summed E-state index contributed by atoms with van der Waals surface area (Å²) in [4.78, 5) is 18.9. The van der Waals surface area contributed by atoms with Crippen molar-refractivity contribution in [2.45, 2.75) is 13.8 Å². The standard InChI is InChI=1S/C10H16N4O2/c1-7-13-9(6-10(14-7)16-3)12-5-4-11-8(2)15/h6H,4-5H2,1-3H3,(H,11,15)(H,12,13,14). The zero-order valence-corrected chi connectivity index (χ0v) is 9.70. The van der Waals surface area contributed by atoms with E-state index in [9.17, 15) is 4.79 Å². The molecule has 0 aliphatic carbocycles. The van der Waals surface area contributed by atoms with Gasteiger partial charge in [-0.1, -0.05) is 0 Å². The van der Waals surface area contributed by atoms with Crippen molar-refractivity contribution in [3.63, 3.8) is 0 Å². The van der Waals surface area contributed by atoms with Gasteiger partial charge in [0.25, 0.3) is 0 Å². The van der Waals surface area contributed by atoms with Crippen LogP contribution in [-0.2, 0) is 4.79 Å². The topological polar surface area (TPSA) is 76.1 Å². The lowest BCUT2D eigenvalue weighted by molar-refractivity contribution is -0.118. The van der Waals surface area contributed by atoms with Crippen LogP contribution in [0.2, 0.25) is 0 Å². The third-order valence-corrected chi connectivity index (χ3v) is 1.83. The highest BCUT2D eigenvalue weighted by molar-refractivity contribution is 5.72. The Morgan fingerprint density at radius 1 is 1.44 bits per heavy atom. The van der Waals surface area contributed by atoms with Gasteiger partial charge in [-0.3, -0.25) is 4.79 Å². The predicted molar refractivity (Wildman–Crippen MR) is 60.5 cm³/mol. The molecule has 2 N–H and O–H groups in total. The first-order valence-electron chi connectivity index (χ1n) is 5.00. The maximum absolute atomic E-state index is 10.6. The van der Waals surface area contributed by atoms with E-state index in [0.717, 1.165) is 0 Å². The Morgan fingerprint density at radius 3 is 2.81 bits per heavy atom. The zero-order chi connectivity index (χ0) is 12.0. The molecule has 0 saturated heterocycles. The van der Waals surface area contributed by atoms with E-state index >= 15 is 0 Å². The Labute approximate surface area is 94.4 Å². The van der Waals surface area contributed by atoms with Crippen molar-refractivity contribution >= 4 is 11.7 Å². The molecule has 16 heavy (non-hydrogen) atoms. The van der Waals surface area contributed by atoms with Crippen molar-refractivity contribution in [1.82, 2.24) is 15.3 Å². The number of aromatic nitrogens is 2. The molecule has 6 nitrogen and oxygen atoms in total. The van der Waals surface area contributed by atoms with Gasteiger partial charge in [-0.05, 0) is 6.92 Å². The summed E-state index contributed by atoms with van der Waals surface area (Å²) in [6, 6.07) is 1.71. The monoisotopic (exact) mass is 224 g/mol. The molecule has 0 atom stereocenters. The summed E-state index contributed by atoms with van der Waals surface area (Å²) < 4.78 is 5.02. The summed E-state index contributed by atoms with van der Waals surface area (Å²) >= 11 is 0. The van der Waals surface area contributed by atoms with Crippen LogP contribution in [0.3, 0.4) is 0 Å². The Hall–Kier alpha value is -1.85. The van der Waals surface area contributed by atoms with Crippen LogP contribution in [0.4, 0.5) is 5.82 Å². The van der Waals surface area contributed by atoms with Crippen LogP contribution >= 0.6 is 0 Å². The summed E-state index contributed by atoms with van der Waals surface area (Å²) in [7, 11) is 1.56. The number of rotatable bonds is 5. The highest BCUT2D eigenvalue weighted by Gasteiger charge is 2.00. The number of amides is 1. The smallest absolute Gasteiger partial charge is 0.218 e. The number of methoxy groups -OCH3 is 1. The lowest BCUT2D eigenvalue weighted by atomic mass is 10.5. The van der Waals surface area contributed by atoms with Crippen LogP contribution < -0.4 is 15.4 Å². The molecular formula is C10H16N4O2. The van der Waals surface area contributed by atoms with Crippen molar-refractivity contribution < 1.29 is 9.53 Å². The fourth-order valence-corrected chi connectivity index (χ4v) is 1.16. The lowest BCUT2D eigenvalue weighted by Gasteiger charge is -2.07. The normalized spacial score (nSPS) is 9.69. The molecule has 1 rings (SSSR count). The molecule has 6 heteroatoms. The predicted octanol–water partition coefficient (Wildman–Crippen LogP) is 0.342. The number of nitrogens with zero attached hydrogens (tertiary/aromatic N) is 2. The van der Waals surface area contributed by atoms with Crippen molar-refractivity contribution in [2.75, 3.05) is 25.5 Å². The quantitative estimate of drug-likeness (QED) is 0.705. The van der Waals surface area contributed by atoms with E-state index in [1.165, 1.54) is 6.92 Å². The first-order chi connectivity index (χ1) is 7.61. The molecule has 1 amide bonds. The minimum Gasteiger partial charge on any atom is -0.481 e. The number of anilines is 1. The molecule has 0 bridgehead atoms. The first kappa shape index (κ1) is 12.2. The molecule has 1 heterocycles. The maximum Gasteiger partial charge on any atom is 0.218 e. The molecule has 88 valence electrons. The molecule has 0 aliphatic heterocycles. The molecule has 0 saturated carbocycles. The van der Waals surface area contributed by atoms with Crippen molar-refractivity contribution in [3.05, 3.63) is 11.9 Å². The van der Waals surface area contributed by atoms with Gasteiger partial charge >= 0.3 is 0 Å². The van der Waals surface area contributed by atoms with Gasteiger partial charge in [-0.15, -0.1) is 0 Å². The molecule has 1 aromatic heterocycles. The van der Waals surface area contributed by atoms with Crippen LogP contribution in [0, 0.1) is 6.92 Å². The number of hydrogen-bond donors (Lipinski definition) is 2. The van der Waals surface area contributed by atoms with Crippen LogP contribution in [-0.4, -0.2) is 36.1 Å². The molecule has 0 radical (unpaired) electrons. The molecule has 0 unspecified atom stereocenters. The number of carbonyl (C=O) groups excluding carboxylic acids is 1. The third kappa shape index (κ3) is 4.12. The van der Waals surface area contributed by atoms with Crippen LogP contribution in [0.1, 0.15) is 12.7 Å². The molecule has 0 spiro atoms. The van der Waals surface area contributed by atoms with Crippen molar-refractivity contribution in [2.24, 2.45) is 0 Å². The Kier molecular flexibility index (Phi) is 4.50. The minimum atomic E-state index is -0.0433. The van der Waals surface area contributed by atoms with Gasteiger partial charge in [0.2, 0.25) is 11.8 Å². The van der Waals surface area contributed by atoms with E-state index in [1.54, 1.807) is 20.1 Å². The number of aryl methyl sites for hydroxylation is 1. The Balaban J connectivity index is 2.47. The van der Waals surface area contributed by atoms with Crippen LogP contribution in [0.15, 0.2) is 6.07 Å². The van der Waals surface area contributed by atoms with Gasteiger partial charge in [0, 0.05) is 26.1 Å². The van der Waals surface area contributed by atoms with Crippen LogP contribution in [0.25, 0.3) is 0 Å². The van der Waals surface area contributed by atoms with Crippen molar-refractivity contribution in [1.29, 1.82) is 0 Å². The second-order valence-corrected chi connectivity index (χ2v) is 3.25. The number of carbonyl (C=O) groups is 1. The highest BCUT2D eigenvalue weighted by atomic mass is 16.5. The SMILES string of the molecule is COc1cc(NCCNC(C)=O)nc(C)n1. The van der Waals surface area contributed by atoms with E-state index in [2.05, 4.69) is 20.6 Å². The summed E-state index contributed by atoms with van der Waals surface area (Å²) in [6.07, 6.45) is 0. The van der Waals surface area contributed by atoms with Crippen molar-refractivity contribution in [3.8, 4) is 5.88 Å². The Bertz CT molecular complexity index is 368. The maximum atomic E-state index is 10.6. The van der Waals surface area contributed by atoms with E-state index < -0.39 is 0 Å². The summed E-state index contributed by atoms with van der Waals surface area (Å²) in [5.41, 5.74) is 0. The molecule has 0 fully saturated rings. The fourth-order valence-electron chi connectivity index (χ4n) is 1.16. The van der Waals surface area contributed by atoms with Gasteiger partial charge in [0.1, 0.15) is 11.6 Å². The van der Waals surface area contributed by atoms with Gasteiger partial charge in [0.15, 0.2) is 0 Å². The van der Waals surface area contributed by atoms with Gasteiger partial charge < -0.3 is 15.4 Å². The second kappa shape index (κ2) is 5.89. The summed E-state index contributed by atoms with van der Waals surface area (Å²) in [5.74, 6) is 1.81. The van der Waals surface area contributed by atoms with Gasteiger partial charge in [-0.2, -0.15) is 4.98 Å². The largest absolute Gasteiger partial charge is 0.481 e. The first-order valence-corrected chi connectivity index (χ1v) is 5.00. The number of nitrogens with one attached hydrogen (secondary N) is 2. The average Bonchev–Trinajstić information content (AvgIpc) is 2.23. The summed E-state index contributed by atoms with van der Waals surface area (Å²) in [6.45, 7) is 4.44. The second-order valence-electron chi connectivity index (χ2n) is 3.25.